The monoisotopic (exact) mass is 504 g/mol. The molecule has 1 N–H and O–H groups in total. The molecule has 0 unspecified atom stereocenters. The van der Waals surface area contributed by atoms with Crippen LogP contribution >= 0.6 is 0 Å². The number of hydrogen-bond acceptors (Lipinski definition) is 6. The highest BCUT2D eigenvalue weighted by molar-refractivity contribution is 5.74. The molecule has 8 nitrogen and oxygen atoms in total. The van der Waals surface area contributed by atoms with Crippen LogP contribution in [0.1, 0.15) is 72.8 Å². The van der Waals surface area contributed by atoms with E-state index >= 15 is 0 Å². The highest BCUT2D eigenvalue weighted by Gasteiger charge is 2.47. The molecule has 1 amide bonds. The van der Waals surface area contributed by atoms with Crippen LogP contribution in [0.5, 0.6) is 0 Å². The lowest BCUT2D eigenvalue weighted by molar-refractivity contribution is -0.145. The van der Waals surface area contributed by atoms with Gasteiger partial charge in [-0.25, -0.2) is 4.79 Å². The van der Waals surface area contributed by atoms with Crippen molar-refractivity contribution in [2.75, 3.05) is 13.8 Å². The summed E-state index contributed by atoms with van der Waals surface area (Å²) >= 11 is 0. The molecular formula is C28H44N2O6. The van der Waals surface area contributed by atoms with E-state index in [1.54, 1.807) is 4.90 Å². The Balaban J connectivity index is 2.42. The van der Waals surface area contributed by atoms with Crippen LogP contribution in [-0.2, 0) is 25.5 Å². The van der Waals surface area contributed by atoms with Gasteiger partial charge in [0.05, 0.1) is 25.7 Å². The van der Waals surface area contributed by atoms with Gasteiger partial charge in [-0.1, -0.05) is 57.5 Å². The van der Waals surface area contributed by atoms with Crippen LogP contribution < -0.4 is 0 Å². The molecule has 1 aromatic carbocycles. The average Bonchev–Trinajstić information content (AvgIpc) is 3.14. The van der Waals surface area contributed by atoms with Gasteiger partial charge in [0.15, 0.2) is 0 Å². The summed E-state index contributed by atoms with van der Waals surface area (Å²) in [4.78, 5) is 41.3. The van der Waals surface area contributed by atoms with Crippen molar-refractivity contribution >= 4 is 18.0 Å². The summed E-state index contributed by atoms with van der Waals surface area (Å²) in [6.07, 6.45) is 2.61. The number of carboxylic acid groups (broad SMARTS) is 1. The molecule has 0 spiro atoms. The third-order valence-electron chi connectivity index (χ3n) is 6.62. The number of carboxylic acids is 1. The molecule has 0 aliphatic carbocycles. The third kappa shape index (κ3) is 8.50. The van der Waals surface area contributed by atoms with Crippen LogP contribution in [0.2, 0.25) is 0 Å². The Kier molecular flexibility index (Phi) is 10.8. The number of aliphatic carboxylic acids is 1. The van der Waals surface area contributed by atoms with Crippen molar-refractivity contribution in [1.82, 2.24) is 9.80 Å². The molecule has 0 aromatic heterocycles. The summed E-state index contributed by atoms with van der Waals surface area (Å²) in [7, 11) is 1.38. The van der Waals surface area contributed by atoms with Crippen molar-refractivity contribution in [2.24, 2.45) is 11.8 Å². The molecule has 1 aliphatic heterocycles. The standard InChI is InChI=1S/C28H44N2O6/c1-19(2)16-24(25(31)32)29-18-30(27(34)36-28(4,5)6)23(17-21-13-9-8-10-14-21)22(29)15-11-12-20(3)26(33)35-7/h8-10,13-14,19-20,22-24H,11-12,15-18H2,1-7H3,(H,31,32)/t20-,22-,23-,24+/m1/s1. The lowest BCUT2D eigenvalue weighted by Gasteiger charge is -2.32. The minimum absolute atomic E-state index is 0.175. The number of amides is 1. The maximum absolute atomic E-state index is 13.3. The van der Waals surface area contributed by atoms with E-state index in [1.807, 2.05) is 76.8 Å². The topological polar surface area (TPSA) is 96.4 Å². The SMILES string of the molecule is COC(=O)[C@H](C)CCC[C@@H]1[C@@H](Cc2ccccc2)N(C(=O)OC(C)(C)C)CN1[C@@H](CC(C)C)C(=O)O. The Morgan fingerprint density at radius 3 is 2.25 bits per heavy atom. The molecule has 4 atom stereocenters. The molecule has 0 saturated carbocycles. The van der Waals surface area contributed by atoms with Crippen LogP contribution in [0.25, 0.3) is 0 Å². The van der Waals surface area contributed by atoms with Crippen molar-refractivity contribution in [2.45, 2.75) is 97.4 Å². The van der Waals surface area contributed by atoms with Crippen LogP contribution in [0.4, 0.5) is 4.79 Å². The first kappa shape index (κ1) is 29.6. The van der Waals surface area contributed by atoms with E-state index in [4.69, 9.17) is 9.47 Å². The third-order valence-corrected chi connectivity index (χ3v) is 6.62. The van der Waals surface area contributed by atoms with Crippen LogP contribution in [0, 0.1) is 11.8 Å². The number of hydrogen-bond donors (Lipinski definition) is 1. The predicted molar refractivity (Wildman–Crippen MR) is 138 cm³/mol. The zero-order valence-electron chi connectivity index (χ0n) is 22.9. The van der Waals surface area contributed by atoms with Gasteiger partial charge in [0.25, 0.3) is 0 Å². The highest BCUT2D eigenvalue weighted by atomic mass is 16.6. The molecule has 202 valence electrons. The number of nitrogens with zero attached hydrogens (tertiary/aromatic N) is 2. The highest BCUT2D eigenvalue weighted by Crippen LogP contribution is 2.33. The molecule has 1 aromatic rings. The van der Waals surface area contributed by atoms with Gasteiger partial charge in [0, 0.05) is 6.04 Å². The normalized spacial score (nSPS) is 20.3. The molecule has 1 aliphatic rings. The molecule has 8 heteroatoms. The first-order chi connectivity index (χ1) is 16.8. The molecule has 1 heterocycles. The van der Waals surface area contributed by atoms with Crippen molar-refractivity contribution in [3.8, 4) is 0 Å². The number of rotatable bonds is 11. The summed E-state index contributed by atoms with van der Waals surface area (Å²) in [6.45, 7) is 11.5. The molecule has 1 fully saturated rings. The summed E-state index contributed by atoms with van der Waals surface area (Å²) in [5, 5.41) is 10.2. The molecule has 36 heavy (non-hydrogen) atoms. The van der Waals surface area contributed by atoms with Gasteiger partial charge in [-0.3, -0.25) is 19.4 Å². The summed E-state index contributed by atoms with van der Waals surface area (Å²) < 4.78 is 10.6. The zero-order valence-corrected chi connectivity index (χ0v) is 22.9. The van der Waals surface area contributed by atoms with Gasteiger partial charge in [-0.2, -0.15) is 0 Å². The Hall–Kier alpha value is -2.61. The largest absolute Gasteiger partial charge is 0.480 e. The molecule has 0 radical (unpaired) electrons. The number of esters is 1. The van der Waals surface area contributed by atoms with Gasteiger partial charge in [-0.05, 0) is 57.9 Å². The molecule has 0 bridgehead atoms. The summed E-state index contributed by atoms with van der Waals surface area (Å²) in [6, 6.07) is 8.75. The number of carbonyl (C=O) groups excluding carboxylic acids is 2. The minimum atomic E-state index is -0.888. The summed E-state index contributed by atoms with van der Waals surface area (Å²) in [5.41, 5.74) is 0.402. The number of ether oxygens (including phenoxy) is 2. The van der Waals surface area contributed by atoms with Crippen LogP contribution in [0.3, 0.4) is 0 Å². The molecule has 1 saturated heterocycles. The number of methoxy groups -OCH3 is 1. The van der Waals surface area contributed by atoms with Crippen molar-refractivity contribution in [3.63, 3.8) is 0 Å². The number of benzene rings is 1. The van der Waals surface area contributed by atoms with Crippen molar-refractivity contribution < 1.29 is 29.0 Å². The van der Waals surface area contributed by atoms with Gasteiger partial charge >= 0.3 is 18.0 Å². The second-order valence-corrected chi connectivity index (χ2v) is 11.3. The Labute approximate surface area is 215 Å². The van der Waals surface area contributed by atoms with Gasteiger partial charge in [0.1, 0.15) is 11.6 Å². The zero-order chi connectivity index (χ0) is 27.0. The Morgan fingerprint density at radius 1 is 1.08 bits per heavy atom. The van der Waals surface area contributed by atoms with E-state index in [9.17, 15) is 19.5 Å². The summed E-state index contributed by atoms with van der Waals surface area (Å²) in [5.74, 6) is -1.21. The van der Waals surface area contributed by atoms with E-state index in [2.05, 4.69) is 0 Å². The Morgan fingerprint density at radius 2 is 1.72 bits per heavy atom. The maximum Gasteiger partial charge on any atom is 0.411 e. The van der Waals surface area contributed by atoms with E-state index in [1.165, 1.54) is 7.11 Å². The molecule has 2 rings (SSSR count). The maximum atomic E-state index is 13.3. The fraction of sp³-hybridized carbons (Fsp3) is 0.679. The predicted octanol–water partition coefficient (Wildman–Crippen LogP) is 4.96. The second kappa shape index (κ2) is 13.1. The van der Waals surface area contributed by atoms with E-state index in [-0.39, 0.29) is 36.6 Å². The van der Waals surface area contributed by atoms with Gasteiger partial charge in [-0.15, -0.1) is 0 Å². The molecular weight excluding hydrogens is 460 g/mol. The van der Waals surface area contributed by atoms with Gasteiger partial charge < -0.3 is 14.6 Å². The first-order valence-corrected chi connectivity index (χ1v) is 12.9. The van der Waals surface area contributed by atoms with E-state index in [0.717, 1.165) is 5.56 Å². The first-order valence-electron chi connectivity index (χ1n) is 12.9. The smallest absolute Gasteiger partial charge is 0.411 e. The fourth-order valence-corrected chi connectivity index (χ4v) is 4.89. The lowest BCUT2D eigenvalue weighted by atomic mass is 9.92. The van der Waals surface area contributed by atoms with E-state index < -0.39 is 23.7 Å². The van der Waals surface area contributed by atoms with Crippen LogP contribution in [-0.4, -0.2) is 70.4 Å². The van der Waals surface area contributed by atoms with E-state index in [0.29, 0.717) is 32.1 Å². The fourth-order valence-electron chi connectivity index (χ4n) is 4.89. The van der Waals surface area contributed by atoms with Gasteiger partial charge in [0.2, 0.25) is 0 Å². The lowest BCUT2D eigenvalue weighted by Crippen LogP contribution is -2.47. The van der Waals surface area contributed by atoms with Crippen LogP contribution in [0.15, 0.2) is 30.3 Å². The second-order valence-electron chi connectivity index (χ2n) is 11.3. The average molecular weight is 505 g/mol. The van der Waals surface area contributed by atoms with Crippen molar-refractivity contribution in [1.29, 1.82) is 0 Å². The number of carbonyl (C=O) groups is 3. The Bertz CT molecular complexity index is 867. The van der Waals surface area contributed by atoms with Crippen molar-refractivity contribution in [3.05, 3.63) is 35.9 Å². The quantitative estimate of drug-likeness (QED) is 0.426. The minimum Gasteiger partial charge on any atom is -0.480 e.